The van der Waals surface area contributed by atoms with Crippen LogP contribution in [0, 0.1) is 0 Å². The Morgan fingerprint density at radius 2 is 2.05 bits per heavy atom. The van der Waals surface area contributed by atoms with Crippen LogP contribution in [-0.4, -0.2) is 20.5 Å². The largest absolute Gasteiger partial charge is 0.324 e. The van der Waals surface area contributed by atoms with Crippen LogP contribution in [0.1, 0.15) is 13.8 Å². The molecule has 0 spiro atoms. The molecule has 1 heterocycles. The zero-order chi connectivity index (χ0) is 14.3. The average Bonchev–Trinajstić information content (AvgIpc) is 2.69. The number of nitrogens with two attached hydrogens (primary N) is 1. The van der Waals surface area contributed by atoms with Crippen LogP contribution in [0.15, 0.2) is 28.5 Å². The molecule has 0 saturated heterocycles. The van der Waals surface area contributed by atoms with Crippen LogP contribution in [0.2, 0.25) is 5.02 Å². The summed E-state index contributed by atoms with van der Waals surface area (Å²) in [6.07, 6.45) is 0. The zero-order valence-corrected chi connectivity index (χ0v) is 13.0. The first kappa shape index (κ1) is 14.7. The van der Waals surface area contributed by atoms with Crippen molar-refractivity contribution >= 4 is 43.0 Å². The number of thiophene rings is 1. The van der Waals surface area contributed by atoms with E-state index in [1.807, 2.05) is 6.07 Å². The zero-order valence-electron chi connectivity index (χ0n) is 10.6. The van der Waals surface area contributed by atoms with Crippen molar-refractivity contribution in [3.8, 4) is 0 Å². The summed E-state index contributed by atoms with van der Waals surface area (Å²) in [5.74, 6) is 0. The van der Waals surface area contributed by atoms with Crippen molar-refractivity contribution in [1.82, 2.24) is 4.72 Å². The third-order valence-electron chi connectivity index (χ3n) is 2.44. The Kier molecular flexibility index (Phi) is 3.90. The first-order chi connectivity index (χ1) is 8.67. The molecule has 2 aromatic rings. The number of rotatable bonds is 4. The van der Waals surface area contributed by atoms with E-state index in [2.05, 4.69) is 4.72 Å². The quantitative estimate of drug-likeness (QED) is 0.910. The minimum atomic E-state index is -3.52. The number of hydrogen-bond donors (Lipinski definition) is 2. The van der Waals surface area contributed by atoms with Gasteiger partial charge in [-0.2, -0.15) is 0 Å². The SMILES string of the molecule is CC(C)(N)CNS(=O)(=O)c1cc2cc(Cl)ccc2s1. The molecule has 0 aliphatic heterocycles. The Balaban J connectivity index is 2.33. The maximum Gasteiger partial charge on any atom is 0.250 e. The molecule has 2 rings (SSSR count). The van der Waals surface area contributed by atoms with Crippen molar-refractivity contribution in [1.29, 1.82) is 0 Å². The smallest absolute Gasteiger partial charge is 0.250 e. The van der Waals surface area contributed by atoms with E-state index in [9.17, 15) is 8.42 Å². The summed E-state index contributed by atoms with van der Waals surface area (Å²) in [5, 5.41) is 1.41. The second-order valence-corrected chi connectivity index (χ2v) is 8.57. The van der Waals surface area contributed by atoms with Gasteiger partial charge in [0.05, 0.1) is 0 Å². The molecule has 0 aliphatic rings. The van der Waals surface area contributed by atoms with Crippen molar-refractivity contribution < 1.29 is 8.42 Å². The molecule has 1 aromatic carbocycles. The number of halogens is 1. The Labute approximate surface area is 121 Å². The van der Waals surface area contributed by atoms with Crippen molar-refractivity contribution in [2.75, 3.05) is 6.54 Å². The highest BCUT2D eigenvalue weighted by atomic mass is 35.5. The standard InChI is InChI=1S/C12H15ClN2O2S2/c1-12(2,14)7-15-19(16,17)11-6-8-5-9(13)3-4-10(8)18-11/h3-6,15H,7,14H2,1-2H3. The van der Waals surface area contributed by atoms with Gasteiger partial charge in [0.15, 0.2) is 0 Å². The molecule has 0 saturated carbocycles. The fourth-order valence-corrected chi connectivity index (χ4v) is 4.30. The Hall–Kier alpha value is -0.660. The van der Waals surface area contributed by atoms with Crippen molar-refractivity contribution in [2.45, 2.75) is 23.6 Å². The predicted molar refractivity (Wildman–Crippen MR) is 80.3 cm³/mol. The van der Waals surface area contributed by atoms with E-state index in [0.717, 1.165) is 10.1 Å². The van der Waals surface area contributed by atoms with Crippen LogP contribution in [-0.2, 0) is 10.0 Å². The monoisotopic (exact) mass is 318 g/mol. The normalized spacial score (nSPS) is 13.1. The summed E-state index contributed by atoms with van der Waals surface area (Å²) in [7, 11) is -3.52. The van der Waals surface area contributed by atoms with Crippen LogP contribution in [0.3, 0.4) is 0 Å². The molecule has 4 nitrogen and oxygen atoms in total. The van der Waals surface area contributed by atoms with E-state index < -0.39 is 15.6 Å². The third-order valence-corrected chi connectivity index (χ3v) is 5.66. The van der Waals surface area contributed by atoms with Crippen molar-refractivity contribution in [3.05, 3.63) is 29.3 Å². The highest BCUT2D eigenvalue weighted by molar-refractivity contribution is 7.91. The third kappa shape index (κ3) is 3.67. The van der Waals surface area contributed by atoms with Crippen LogP contribution in [0.4, 0.5) is 0 Å². The molecule has 104 valence electrons. The van der Waals surface area contributed by atoms with Gasteiger partial charge >= 0.3 is 0 Å². The van der Waals surface area contributed by atoms with Crippen LogP contribution in [0.25, 0.3) is 10.1 Å². The number of nitrogens with one attached hydrogen (secondary N) is 1. The summed E-state index contributed by atoms with van der Waals surface area (Å²) in [4.78, 5) is 0. The van der Waals surface area contributed by atoms with E-state index in [4.69, 9.17) is 17.3 Å². The highest BCUT2D eigenvalue weighted by Gasteiger charge is 2.20. The molecule has 19 heavy (non-hydrogen) atoms. The number of benzene rings is 1. The molecule has 0 aliphatic carbocycles. The lowest BCUT2D eigenvalue weighted by Gasteiger charge is -2.18. The van der Waals surface area contributed by atoms with Gasteiger partial charge in [-0.15, -0.1) is 11.3 Å². The lowest BCUT2D eigenvalue weighted by Crippen LogP contribution is -2.44. The van der Waals surface area contributed by atoms with E-state index in [1.165, 1.54) is 11.3 Å². The molecule has 3 N–H and O–H groups in total. The average molecular weight is 319 g/mol. The summed E-state index contributed by atoms with van der Waals surface area (Å²) < 4.78 is 28.0. The molecular weight excluding hydrogens is 304 g/mol. The van der Waals surface area contributed by atoms with Crippen LogP contribution < -0.4 is 10.5 Å². The number of sulfonamides is 1. The van der Waals surface area contributed by atoms with Crippen molar-refractivity contribution in [3.63, 3.8) is 0 Å². The van der Waals surface area contributed by atoms with E-state index in [1.54, 1.807) is 32.0 Å². The van der Waals surface area contributed by atoms with Gasteiger partial charge in [0.25, 0.3) is 0 Å². The van der Waals surface area contributed by atoms with Gasteiger partial charge < -0.3 is 5.73 Å². The molecule has 1 aromatic heterocycles. The first-order valence-electron chi connectivity index (χ1n) is 5.65. The van der Waals surface area contributed by atoms with Gasteiger partial charge in [0.1, 0.15) is 4.21 Å². The lowest BCUT2D eigenvalue weighted by atomic mass is 10.1. The fraction of sp³-hybridized carbons (Fsp3) is 0.333. The minimum Gasteiger partial charge on any atom is -0.324 e. The lowest BCUT2D eigenvalue weighted by molar-refractivity contribution is 0.498. The summed E-state index contributed by atoms with van der Waals surface area (Å²) in [6.45, 7) is 3.71. The minimum absolute atomic E-state index is 0.185. The Morgan fingerprint density at radius 3 is 2.68 bits per heavy atom. The molecule has 0 unspecified atom stereocenters. The van der Waals surface area contributed by atoms with Gasteiger partial charge in [-0.1, -0.05) is 11.6 Å². The Morgan fingerprint density at radius 1 is 1.37 bits per heavy atom. The highest BCUT2D eigenvalue weighted by Crippen LogP contribution is 2.30. The molecular formula is C12H15ClN2O2S2. The summed E-state index contributed by atoms with van der Waals surface area (Å²) in [6, 6.07) is 6.93. The maximum absolute atomic E-state index is 12.1. The van der Waals surface area contributed by atoms with E-state index in [-0.39, 0.29) is 10.8 Å². The molecule has 0 radical (unpaired) electrons. The second kappa shape index (κ2) is 5.03. The van der Waals surface area contributed by atoms with Gasteiger partial charge in [0, 0.05) is 21.8 Å². The van der Waals surface area contributed by atoms with Crippen molar-refractivity contribution in [2.24, 2.45) is 5.73 Å². The van der Waals surface area contributed by atoms with Crippen LogP contribution in [0.5, 0.6) is 0 Å². The summed E-state index contributed by atoms with van der Waals surface area (Å²) >= 11 is 7.10. The Bertz CT molecular complexity index is 702. The van der Waals surface area contributed by atoms with Gasteiger partial charge in [-0.3, -0.25) is 0 Å². The number of hydrogen-bond acceptors (Lipinski definition) is 4. The molecule has 0 amide bonds. The number of fused-ring (bicyclic) bond motifs is 1. The predicted octanol–water partition coefficient (Wildman–Crippen LogP) is 2.57. The second-order valence-electron chi connectivity index (χ2n) is 5.06. The van der Waals surface area contributed by atoms with Gasteiger partial charge in [-0.25, -0.2) is 13.1 Å². The molecule has 7 heteroatoms. The topological polar surface area (TPSA) is 72.2 Å². The molecule has 0 bridgehead atoms. The van der Waals surface area contributed by atoms with Gasteiger partial charge in [-0.05, 0) is 43.5 Å². The molecule has 0 fully saturated rings. The van der Waals surface area contributed by atoms with Crippen LogP contribution >= 0.6 is 22.9 Å². The van der Waals surface area contributed by atoms with E-state index in [0.29, 0.717) is 5.02 Å². The summed E-state index contributed by atoms with van der Waals surface area (Å²) in [5.41, 5.74) is 5.18. The van der Waals surface area contributed by atoms with Gasteiger partial charge in [0.2, 0.25) is 10.0 Å². The maximum atomic E-state index is 12.1. The molecule has 0 atom stereocenters. The van der Waals surface area contributed by atoms with E-state index >= 15 is 0 Å². The fourth-order valence-electron chi connectivity index (χ4n) is 1.47. The first-order valence-corrected chi connectivity index (χ1v) is 8.33.